The van der Waals surface area contributed by atoms with Gasteiger partial charge in [0.25, 0.3) is 0 Å². The van der Waals surface area contributed by atoms with Gasteiger partial charge in [-0.05, 0) is 19.4 Å². The van der Waals surface area contributed by atoms with Gasteiger partial charge in [0.05, 0.1) is 23.5 Å². The molecule has 1 N–H and O–H groups in total. The van der Waals surface area contributed by atoms with E-state index in [0.29, 0.717) is 18.4 Å². The Bertz CT molecular complexity index is 518. The lowest BCUT2D eigenvalue weighted by Crippen LogP contribution is -2.32. The maximum Gasteiger partial charge on any atom is 0.337 e. The van der Waals surface area contributed by atoms with E-state index in [0.717, 1.165) is 5.57 Å². The second-order valence-corrected chi connectivity index (χ2v) is 5.84. The first kappa shape index (κ1) is 13.4. The lowest BCUT2D eigenvalue weighted by atomic mass is 9.83. The minimum Gasteiger partial charge on any atom is -0.461 e. The third kappa shape index (κ3) is 2.06. The van der Waals surface area contributed by atoms with Crippen LogP contribution in [0.5, 0.6) is 0 Å². The maximum atomic E-state index is 11.9. The molecule has 5 nitrogen and oxygen atoms in total. The number of carbonyl (C=O) groups excluding carboxylic acids is 2. The monoisotopic (exact) mass is 278 g/mol. The highest BCUT2D eigenvalue weighted by molar-refractivity contribution is 5.92. The number of ether oxygens (including phenoxy) is 2. The molecule has 2 aliphatic heterocycles. The van der Waals surface area contributed by atoms with Gasteiger partial charge in [0.2, 0.25) is 0 Å². The molecular formula is C15H18O5. The van der Waals surface area contributed by atoms with E-state index in [9.17, 15) is 14.7 Å². The minimum absolute atomic E-state index is 0.183. The van der Waals surface area contributed by atoms with E-state index in [-0.39, 0.29) is 23.9 Å². The van der Waals surface area contributed by atoms with Crippen LogP contribution >= 0.6 is 0 Å². The second kappa shape index (κ2) is 4.74. The van der Waals surface area contributed by atoms with Gasteiger partial charge >= 0.3 is 11.9 Å². The first-order valence-electron chi connectivity index (χ1n) is 6.94. The molecule has 3 rings (SSSR count). The molecule has 0 saturated carbocycles. The van der Waals surface area contributed by atoms with Gasteiger partial charge in [0, 0.05) is 6.42 Å². The summed E-state index contributed by atoms with van der Waals surface area (Å²) in [6, 6.07) is 0. The van der Waals surface area contributed by atoms with Crippen LogP contribution in [0, 0.1) is 11.8 Å². The number of fused-ring (bicyclic) bond motifs is 3. The summed E-state index contributed by atoms with van der Waals surface area (Å²) in [7, 11) is 0. The first-order valence-corrected chi connectivity index (χ1v) is 6.94. The van der Waals surface area contributed by atoms with Crippen LogP contribution in [-0.4, -0.2) is 35.4 Å². The fourth-order valence-electron chi connectivity index (χ4n) is 3.24. The van der Waals surface area contributed by atoms with E-state index in [1.165, 1.54) is 0 Å². The highest BCUT2D eigenvalue weighted by atomic mass is 16.6. The van der Waals surface area contributed by atoms with Crippen molar-refractivity contribution < 1.29 is 24.2 Å². The number of rotatable bonds is 0. The predicted octanol–water partition coefficient (Wildman–Crippen LogP) is 1.12. The van der Waals surface area contributed by atoms with Crippen LogP contribution in [0.15, 0.2) is 23.3 Å². The molecule has 0 spiro atoms. The summed E-state index contributed by atoms with van der Waals surface area (Å²) in [6.45, 7) is 3.75. The molecule has 0 radical (unpaired) electrons. The van der Waals surface area contributed by atoms with E-state index in [4.69, 9.17) is 9.47 Å². The molecule has 1 aliphatic carbocycles. The summed E-state index contributed by atoms with van der Waals surface area (Å²) in [5.74, 6) is -1.22. The highest BCUT2D eigenvalue weighted by Gasteiger charge is 2.49. The van der Waals surface area contributed by atoms with Crippen molar-refractivity contribution >= 4 is 11.9 Å². The van der Waals surface area contributed by atoms with Crippen molar-refractivity contribution in [2.24, 2.45) is 11.8 Å². The molecule has 3 aliphatic rings. The number of aliphatic hydroxyl groups excluding tert-OH is 1. The van der Waals surface area contributed by atoms with E-state index in [1.807, 2.05) is 13.0 Å². The Morgan fingerprint density at radius 3 is 2.80 bits per heavy atom. The van der Waals surface area contributed by atoms with Crippen molar-refractivity contribution in [2.75, 3.05) is 0 Å². The zero-order chi connectivity index (χ0) is 14.4. The zero-order valence-corrected chi connectivity index (χ0v) is 11.5. The maximum absolute atomic E-state index is 11.9. The summed E-state index contributed by atoms with van der Waals surface area (Å²) >= 11 is 0. The summed E-state index contributed by atoms with van der Waals surface area (Å²) < 4.78 is 10.8. The molecule has 0 aromatic carbocycles. The fourth-order valence-corrected chi connectivity index (χ4v) is 3.24. The standard InChI is InChI=1S/C15H18O5/c1-7-3-4-10(16)9-6-12(20-15(9)18)13-8(2)14(17)19-11(13)5-7/h3,6,8,10-13,16H,4-5H2,1-2H3/b7-3+/t8-,10+,11+,12-,13-/m1/s1. The van der Waals surface area contributed by atoms with Crippen LogP contribution < -0.4 is 0 Å². The van der Waals surface area contributed by atoms with Crippen LogP contribution in [0.2, 0.25) is 0 Å². The van der Waals surface area contributed by atoms with Crippen LogP contribution in [0.25, 0.3) is 0 Å². The third-order valence-corrected chi connectivity index (χ3v) is 4.42. The molecule has 5 atom stereocenters. The molecule has 0 aromatic heterocycles. The zero-order valence-electron chi connectivity index (χ0n) is 11.5. The summed E-state index contributed by atoms with van der Waals surface area (Å²) in [6.07, 6.45) is 2.96. The molecule has 2 heterocycles. The second-order valence-electron chi connectivity index (χ2n) is 5.84. The Kier molecular flexibility index (Phi) is 3.17. The van der Waals surface area contributed by atoms with E-state index in [2.05, 4.69) is 0 Å². The Morgan fingerprint density at radius 1 is 1.30 bits per heavy atom. The quantitative estimate of drug-likeness (QED) is 0.531. The highest BCUT2D eigenvalue weighted by Crippen LogP contribution is 2.39. The molecule has 2 bridgehead atoms. The molecule has 1 saturated heterocycles. The molecular weight excluding hydrogens is 260 g/mol. The first-order chi connectivity index (χ1) is 9.47. The van der Waals surface area contributed by atoms with E-state index in [1.54, 1.807) is 13.0 Å². The van der Waals surface area contributed by atoms with Gasteiger partial charge in [0.15, 0.2) is 0 Å². The van der Waals surface area contributed by atoms with Gasteiger partial charge in [-0.1, -0.05) is 18.6 Å². The summed E-state index contributed by atoms with van der Waals surface area (Å²) in [5.41, 5.74) is 1.35. The van der Waals surface area contributed by atoms with Crippen LogP contribution in [-0.2, 0) is 19.1 Å². The predicted molar refractivity (Wildman–Crippen MR) is 69.5 cm³/mol. The summed E-state index contributed by atoms with van der Waals surface area (Å²) in [4.78, 5) is 23.7. The minimum atomic E-state index is -0.840. The van der Waals surface area contributed by atoms with Gasteiger partial charge in [-0.3, -0.25) is 4.79 Å². The molecule has 0 unspecified atom stereocenters. The SMILES string of the molecule is C/C1=C\C[C@H](O)C2=C[C@@H](OC2=O)[C@H]2[C@H](C1)OC(=O)[C@@H]2C. The molecule has 20 heavy (non-hydrogen) atoms. The van der Waals surface area contributed by atoms with Crippen LogP contribution in [0.1, 0.15) is 26.7 Å². The van der Waals surface area contributed by atoms with Crippen molar-refractivity contribution in [1.82, 2.24) is 0 Å². The largest absolute Gasteiger partial charge is 0.461 e. The normalized spacial score (nSPS) is 43.0. The molecule has 5 heteroatoms. The average molecular weight is 278 g/mol. The van der Waals surface area contributed by atoms with E-state index >= 15 is 0 Å². The van der Waals surface area contributed by atoms with E-state index < -0.39 is 18.2 Å². The van der Waals surface area contributed by atoms with Gasteiger partial charge in [-0.2, -0.15) is 0 Å². The van der Waals surface area contributed by atoms with Gasteiger partial charge in [-0.25, -0.2) is 4.79 Å². The Balaban J connectivity index is 1.99. The summed E-state index contributed by atoms with van der Waals surface area (Å²) in [5, 5.41) is 10.1. The Labute approximate surface area is 117 Å². The lowest BCUT2D eigenvalue weighted by molar-refractivity contribution is -0.144. The fraction of sp³-hybridized carbons (Fsp3) is 0.600. The van der Waals surface area contributed by atoms with Gasteiger partial charge in [-0.15, -0.1) is 0 Å². The van der Waals surface area contributed by atoms with Crippen molar-refractivity contribution in [3.8, 4) is 0 Å². The van der Waals surface area contributed by atoms with Crippen LogP contribution in [0.3, 0.4) is 0 Å². The number of esters is 2. The Morgan fingerprint density at radius 2 is 2.05 bits per heavy atom. The van der Waals surface area contributed by atoms with Crippen molar-refractivity contribution in [2.45, 2.75) is 45.0 Å². The molecule has 108 valence electrons. The van der Waals surface area contributed by atoms with Gasteiger partial charge < -0.3 is 14.6 Å². The topological polar surface area (TPSA) is 72.8 Å². The average Bonchev–Trinajstić information content (AvgIpc) is 2.88. The number of hydrogen-bond acceptors (Lipinski definition) is 5. The van der Waals surface area contributed by atoms with Gasteiger partial charge in [0.1, 0.15) is 12.2 Å². The molecule has 1 fully saturated rings. The van der Waals surface area contributed by atoms with Crippen molar-refractivity contribution in [3.05, 3.63) is 23.3 Å². The Hall–Kier alpha value is -1.62. The number of carbonyl (C=O) groups is 2. The number of hydrogen-bond donors (Lipinski definition) is 1. The molecule has 0 aromatic rings. The smallest absolute Gasteiger partial charge is 0.337 e. The van der Waals surface area contributed by atoms with Crippen molar-refractivity contribution in [3.63, 3.8) is 0 Å². The lowest BCUT2D eigenvalue weighted by Gasteiger charge is -2.24. The molecule has 0 amide bonds. The third-order valence-electron chi connectivity index (χ3n) is 4.42. The van der Waals surface area contributed by atoms with Crippen LogP contribution in [0.4, 0.5) is 0 Å². The van der Waals surface area contributed by atoms with Crippen molar-refractivity contribution in [1.29, 1.82) is 0 Å². The number of aliphatic hydroxyl groups is 1.